The van der Waals surface area contributed by atoms with Crippen molar-refractivity contribution in [3.63, 3.8) is 0 Å². The average molecular weight is 394 g/mol. The quantitative estimate of drug-likeness (QED) is 0.871. The molecule has 1 N–H and O–H groups in total. The second-order valence-electron chi connectivity index (χ2n) is 8.63. The van der Waals surface area contributed by atoms with Crippen molar-refractivity contribution in [1.29, 1.82) is 0 Å². The Bertz CT molecular complexity index is 891. The van der Waals surface area contributed by atoms with E-state index in [4.69, 9.17) is 4.98 Å². The highest BCUT2D eigenvalue weighted by atomic mass is 16.2. The van der Waals surface area contributed by atoms with Gasteiger partial charge in [-0.2, -0.15) is 0 Å². The third kappa shape index (κ3) is 3.54. The minimum absolute atomic E-state index is 0.175. The van der Waals surface area contributed by atoms with Crippen molar-refractivity contribution in [1.82, 2.24) is 19.8 Å². The highest BCUT2D eigenvalue weighted by molar-refractivity contribution is 5.95. The van der Waals surface area contributed by atoms with Gasteiger partial charge >= 0.3 is 0 Å². The van der Waals surface area contributed by atoms with E-state index in [1.165, 1.54) is 29.9 Å². The van der Waals surface area contributed by atoms with E-state index >= 15 is 0 Å². The molecule has 0 aliphatic carbocycles. The number of carbonyl (C=O) groups excluding carboxylic acids is 1. The van der Waals surface area contributed by atoms with Crippen LogP contribution in [0.25, 0.3) is 0 Å². The van der Waals surface area contributed by atoms with Crippen LogP contribution >= 0.6 is 0 Å². The third-order valence-corrected chi connectivity index (χ3v) is 6.83. The molecule has 1 amide bonds. The first-order valence-electron chi connectivity index (χ1n) is 11.1. The Hall–Kier alpha value is -2.34. The van der Waals surface area contributed by atoms with Crippen LogP contribution in [0.1, 0.15) is 59.2 Å². The smallest absolute Gasteiger partial charge is 0.253 e. The molecule has 5 rings (SSSR count). The van der Waals surface area contributed by atoms with Crippen molar-refractivity contribution in [3.8, 4) is 0 Å². The number of nitrogens with zero attached hydrogens (tertiary/aromatic N) is 4. The van der Waals surface area contributed by atoms with Crippen LogP contribution in [0.2, 0.25) is 0 Å². The molecule has 0 bridgehead atoms. The summed E-state index contributed by atoms with van der Waals surface area (Å²) in [5.74, 6) is 1.77. The lowest BCUT2D eigenvalue weighted by Crippen LogP contribution is -2.38. The first kappa shape index (κ1) is 18.7. The van der Waals surface area contributed by atoms with Gasteiger partial charge in [0.2, 0.25) is 0 Å². The number of likely N-dealkylation sites (tertiary alicyclic amines) is 1. The molecule has 0 atom stereocenters. The zero-order valence-electron chi connectivity index (χ0n) is 17.4. The fourth-order valence-electron chi connectivity index (χ4n) is 5.19. The van der Waals surface area contributed by atoms with Crippen LogP contribution in [0.3, 0.4) is 0 Å². The number of imidazole rings is 1. The van der Waals surface area contributed by atoms with E-state index in [1.807, 2.05) is 17.0 Å². The summed E-state index contributed by atoms with van der Waals surface area (Å²) in [7, 11) is 0. The van der Waals surface area contributed by atoms with Gasteiger partial charge < -0.3 is 19.7 Å². The number of hydrogen-bond acceptors (Lipinski definition) is 4. The highest BCUT2D eigenvalue weighted by Gasteiger charge is 2.29. The molecular weight excluding hydrogens is 362 g/mol. The number of fused-ring (bicyclic) bond motifs is 1. The van der Waals surface area contributed by atoms with Crippen molar-refractivity contribution in [3.05, 3.63) is 47.0 Å². The molecule has 3 aliphatic heterocycles. The Labute approximate surface area is 172 Å². The Balaban J connectivity index is 1.26. The van der Waals surface area contributed by atoms with Gasteiger partial charge in [-0.3, -0.25) is 4.79 Å². The molecule has 2 saturated heterocycles. The van der Waals surface area contributed by atoms with Crippen molar-refractivity contribution in [2.75, 3.05) is 37.6 Å². The summed E-state index contributed by atoms with van der Waals surface area (Å²) in [5, 5.41) is 3.48. The first-order chi connectivity index (χ1) is 14.2. The van der Waals surface area contributed by atoms with E-state index in [1.54, 1.807) is 0 Å². The zero-order valence-corrected chi connectivity index (χ0v) is 17.4. The van der Waals surface area contributed by atoms with E-state index in [2.05, 4.69) is 33.8 Å². The van der Waals surface area contributed by atoms with Gasteiger partial charge in [0.25, 0.3) is 5.91 Å². The molecule has 0 spiro atoms. The van der Waals surface area contributed by atoms with Crippen LogP contribution in [0.4, 0.5) is 5.69 Å². The lowest BCUT2D eigenvalue weighted by Gasteiger charge is -2.32. The minimum atomic E-state index is 0.175. The molecule has 0 radical (unpaired) electrons. The molecular formula is C23H31N5O. The lowest BCUT2D eigenvalue weighted by molar-refractivity contribution is 0.0712. The number of amides is 1. The van der Waals surface area contributed by atoms with Gasteiger partial charge in [0.15, 0.2) is 0 Å². The largest absolute Gasteiger partial charge is 0.372 e. The summed E-state index contributed by atoms with van der Waals surface area (Å²) in [4.78, 5) is 22.5. The second kappa shape index (κ2) is 7.82. The van der Waals surface area contributed by atoms with Crippen molar-refractivity contribution in [2.45, 2.75) is 51.6 Å². The molecule has 0 saturated carbocycles. The molecule has 1 aromatic heterocycles. The van der Waals surface area contributed by atoms with Crippen molar-refractivity contribution >= 4 is 11.6 Å². The average Bonchev–Trinajstić information content (AvgIpc) is 3.43. The molecule has 3 aliphatic rings. The van der Waals surface area contributed by atoms with Gasteiger partial charge in [-0.15, -0.1) is 0 Å². The normalized spacial score (nSPS) is 20.2. The third-order valence-electron chi connectivity index (χ3n) is 6.83. The summed E-state index contributed by atoms with van der Waals surface area (Å²) in [6.07, 6.45) is 4.50. The second-order valence-corrected chi connectivity index (χ2v) is 8.63. The molecule has 29 heavy (non-hydrogen) atoms. The fraction of sp³-hybridized carbons (Fsp3) is 0.565. The Kier molecular flexibility index (Phi) is 5.04. The predicted octanol–water partition coefficient (Wildman–Crippen LogP) is 2.91. The molecule has 1 aromatic carbocycles. The molecule has 4 heterocycles. The van der Waals surface area contributed by atoms with E-state index in [0.717, 1.165) is 70.0 Å². The number of benzene rings is 1. The maximum Gasteiger partial charge on any atom is 0.253 e. The monoisotopic (exact) mass is 393 g/mol. The maximum atomic E-state index is 13.1. The van der Waals surface area contributed by atoms with Crippen LogP contribution in [-0.4, -0.2) is 53.1 Å². The summed E-state index contributed by atoms with van der Waals surface area (Å²) in [5.41, 5.74) is 4.64. The molecule has 6 heteroatoms. The molecule has 2 fully saturated rings. The number of nitrogens with one attached hydrogen (secondary N) is 1. The summed E-state index contributed by atoms with van der Waals surface area (Å²) >= 11 is 0. The van der Waals surface area contributed by atoms with Crippen LogP contribution in [-0.2, 0) is 13.1 Å². The number of carbonyl (C=O) groups is 1. The van der Waals surface area contributed by atoms with Crippen LogP contribution in [0.15, 0.2) is 24.3 Å². The van der Waals surface area contributed by atoms with Crippen LogP contribution < -0.4 is 10.2 Å². The molecule has 2 aromatic rings. The maximum absolute atomic E-state index is 13.1. The SMILES string of the molecule is Cc1nc(C2CCN(C(=O)c3cccc(N4CCCC4)c3)CC2)c2n1CCNC2. The summed E-state index contributed by atoms with van der Waals surface area (Å²) < 4.78 is 2.37. The fourth-order valence-corrected chi connectivity index (χ4v) is 5.19. The predicted molar refractivity (Wildman–Crippen MR) is 114 cm³/mol. The van der Waals surface area contributed by atoms with Crippen molar-refractivity contribution < 1.29 is 4.79 Å². The van der Waals surface area contributed by atoms with Gasteiger partial charge in [-0.05, 0) is 50.8 Å². The van der Waals surface area contributed by atoms with E-state index < -0.39 is 0 Å². The number of aromatic nitrogens is 2. The van der Waals surface area contributed by atoms with Gasteiger partial charge in [0.05, 0.1) is 11.4 Å². The first-order valence-corrected chi connectivity index (χ1v) is 11.1. The summed E-state index contributed by atoms with van der Waals surface area (Å²) in [6, 6.07) is 8.21. The van der Waals surface area contributed by atoms with E-state index in [-0.39, 0.29) is 5.91 Å². The number of aryl methyl sites for hydroxylation is 1. The topological polar surface area (TPSA) is 53.4 Å². The zero-order chi connectivity index (χ0) is 19.8. The molecule has 154 valence electrons. The van der Waals surface area contributed by atoms with E-state index in [9.17, 15) is 4.79 Å². The van der Waals surface area contributed by atoms with Gasteiger partial charge in [0.1, 0.15) is 5.82 Å². The van der Waals surface area contributed by atoms with Gasteiger partial charge in [-0.25, -0.2) is 4.98 Å². The lowest BCUT2D eigenvalue weighted by atomic mass is 9.91. The Morgan fingerprint density at radius 2 is 1.90 bits per heavy atom. The van der Waals surface area contributed by atoms with Gasteiger partial charge in [-0.1, -0.05) is 6.07 Å². The van der Waals surface area contributed by atoms with Crippen molar-refractivity contribution in [2.24, 2.45) is 0 Å². The summed E-state index contributed by atoms with van der Waals surface area (Å²) in [6.45, 7) is 8.90. The Morgan fingerprint density at radius 1 is 1.10 bits per heavy atom. The molecule has 6 nitrogen and oxygen atoms in total. The Morgan fingerprint density at radius 3 is 2.69 bits per heavy atom. The van der Waals surface area contributed by atoms with Crippen LogP contribution in [0.5, 0.6) is 0 Å². The number of rotatable bonds is 3. The minimum Gasteiger partial charge on any atom is -0.372 e. The van der Waals surface area contributed by atoms with Gasteiger partial charge in [0, 0.05) is 63.0 Å². The standard InChI is InChI=1S/C23H31N5O/c1-17-25-22(21-16-24-9-14-28(17)21)18-7-12-27(13-8-18)23(29)19-5-4-6-20(15-19)26-10-2-3-11-26/h4-6,15,18,24H,2-3,7-14,16H2,1H3. The van der Waals surface area contributed by atoms with Crippen LogP contribution in [0, 0.1) is 6.92 Å². The van der Waals surface area contributed by atoms with E-state index in [0.29, 0.717) is 5.92 Å². The number of hydrogen-bond donors (Lipinski definition) is 1. The highest BCUT2D eigenvalue weighted by Crippen LogP contribution is 2.32. The number of anilines is 1. The molecule has 0 unspecified atom stereocenters. The number of piperidine rings is 1.